The summed E-state index contributed by atoms with van der Waals surface area (Å²) in [7, 11) is 1.59. The maximum absolute atomic E-state index is 12.6. The maximum atomic E-state index is 12.6. The summed E-state index contributed by atoms with van der Waals surface area (Å²) in [6.45, 7) is 0. The van der Waals surface area contributed by atoms with Gasteiger partial charge in [0.25, 0.3) is 11.6 Å². The van der Waals surface area contributed by atoms with E-state index in [1.54, 1.807) is 37.4 Å². The Bertz CT molecular complexity index is 1270. The second-order valence-corrected chi connectivity index (χ2v) is 6.71. The van der Waals surface area contributed by atoms with Crippen LogP contribution in [0.2, 0.25) is 5.02 Å². The van der Waals surface area contributed by atoms with Gasteiger partial charge in [-0.15, -0.1) is 0 Å². The highest BCUT2D eigenvalue weighted by Crippen LogP contribution is 2.28. The summed E-state index contributed by atoms with van der Waals surface area (Å²) in [5.41, 5.74) is 2.10. The van der Waals surface area contributed by atoms with Gasteiger partial charge in [0.2, 0.25) is 5.89 Å². The first-order valence-electron chi connectivity index (χ1n) is 8.75. The molecule has 4 rings (SSSR count). The van der Waals surface area contributed by atoms with Crippen molar-refractivity contribution in [3.8, 4) is 17.2 Å². The zero-order valence-corrected chi connectivity index (χ0v) is 16.3. The maximum Gasteiger partial charge on any atom is 0.270 e. The van der Waals surface area contributed by atoms with Crippen molar-refractivity contribution in [2.24, 2.45) is 0 Å². The van der Waals surface area contributed by atoms with Crippen LogP contribution in [0.15, 0.2) is 65.1 Å². The Kier molecular flexibility index (Phi) is 5.07. The number of benzene rings is 3. The lowest BCUT2D eigenvalue weighted by Crippen LogP contribution is -2.12. The van der Waals surface area contributed by atoms with Gasteiger partial charge in [0.05, 0.1) is 22.6 Å². The number of amides is 1. The van der Waals surface area contributed by atoms with Gasteiger partial charge in [0.15, 0.2) is 5.58 Å². The van der Waals surface area contributed by atoms with Crippen LogP contribution in [0.3, 0.4) is 0 Å². The van der Waals surface area contributed by atoms with Gasteiger partial charge in [-0.25, -0.2) is 4.98 Å². The van der Waals surface area contributed by atoms with Crippen LogP contribution in [0, 0.1) is 10.1 Å². The second kappa shape index (κ2) is 7.84. The summed E-state index contributed by atoms with van der Waals surface area (Å²) in [6, 6.07) is 15.9. The Labute approximate surface area is 175 Å². The minimum Gasteiger partial charge on any atom is -0.497 e. The minimum atomic E-state index is -0.588. The molecule has 1 amide bonds. The fourth-order valence-corrected chi connectivity index (χ4v) is 3.06. The first-order valence-corrected chi connectivity index (χ1v) is 9.13. The quantitative estimate of drug-likeness (QED) is 0.344. The van der Waals surface area contributed by atoms with Crippen molar-refractivity contribution in [1.82, 2.24) is 4.98 Å². The number of ether oxygens (including phenoxy) is 1. The number of nitro benzene ring substituents is 1. The van der Waals surface area contributed by atoms with E-state index in [0.717, 1.165) is 17.4 Å². The van der Waals surface area contributed by atoms with E-state index in [4.69, 9.17) is 20.8 Å². The van der Waals surface area contributed by atoms with Crippen molar-refractivity contribution in [2.75, 3.05) is 12.4 Å². The standard InChI is InChI=1S/C21H14ClN3O5/c1-29-15-6-2-12(3-7-15)21-24-18-10-13(4-9-19(18)30-21)23-20(26)16-11-14(25(27)28)5-8-17(16)22/h2-11H,1H3,(H,23,26). The lowest BCUT2D eigenvalue weighted by Gasteiger charge is -2.06. The number of aromatic nitrogens is 1. The number of oxazole rings is 1. The first kappa shape index (κ1) is 19.4. The molecule has 0 aliphatic rings. The van der Waals surface area contributed by atoms with Gasteiger partial charge in [-0.2, -0.15) is 0 Å². The van der Waals surface area contributed by atoms with Crippen LogP contribution in [0.1, 0.15) is 10.4 Å². The predicted molar refractivity (Wildman–Crippen MR) is 112 cm³/mol. The summed E-state index contributed by atoms with van der Waals surface area (Å²) < 4.78 is 10.9. The number of hydrogen-bond donors (Lipinski definition) is 1. The van der Waals surface area contributed by atoms with Crippen molar-refractivity contribution in [3.05, 3.63) is 81.4 Å². The molecule has 0 saturated carbocycles. The fourth-order valence-electron chi connectivity index (χ4n) is 2.86. The van der Waals surface area contributed by atoms with E-state index in [0.29, 0.717) is 22.7 Å². The number of rotatable bonds is 5. The molecular weight excluding hydrogens is 410 g/mol. The largest absolute Gasteiger partial charge is 0.497 e. The van der Waals surface area contributed by atoms with Gasteiger partial charge >= 0.3 is 0 Å². The zero-order chi connectivity index (χ0) is 21.3. The van der Waals surface area contributed by atoms with E-state index in [9.17, 15) is 14.9 Å². The normalized spacial score (nSPS) is 10.7. The van der Waals surface area contributed by atoms with Gasteiger partial charge in [-0.05, 0) is 48.5 Å². The smallest absolute Gasteiger partial charge is 0.270 e. The Balaban J connectivity index is 1.60. The van der Waals surface area contributed by atoms with Gasteiger partial charge in [0, 0.05) is 23.4 Å². The summed E-state index contributed by atoms with van der Waals surface area (Å²) in [6.07, 6.45) is 0. The average molecular weight is 424 g/mol. The summed E-state index contributed by atoms with van der Waals surface area (Å²) in [4.78, 5) is 27.4. The first-order chi connectivity index (χ1) is 14.4. The third kappa shape index (κ3) is 3.81. The van der Waals surface area contributed by atoms with E-state index < -0.39 is 10.8 Å². The molecule has 30 heavy (non-hydrogen) atoms. The number of nitrogens with zero attached hydrogens (tertiary/aromatic N) is 2. The molecule has 0 radical (unpaired) electrons. The molecule has 0 bridgehead atoms. The molecular formula is C21H14ClN3O5. The predicted octanol–water partition coefficient (Wildman–Crippen LogP) is 5.32. The molecule has 3 aromatic carbocycles. The van der Waals surface area contributed by atoms with Crippen molar-refractivity contribution in [2.45, 2.75) is 0 Å². The summed E-state index contributed by atoms with van der Waals surface area (Å²) in [5, 5.41) is 13.7. The number of fused-ring (bicyclic) bond motifs is 1. The third-order valence-corrected chi connectivity index (χ3v) is 4.72. The van der Waals surface area contributed by atoms with Gasteiger partial charge < -0.3 is 14.5 Å². The molecule has 0 atom stereocenters. The van der Waals surface area contributed by atoms with E-state index in [-0.39, 0.29) is 16.3 Å². The number of halogens is 1. The van der Waals surface area contributed by atoms with E-state index >= 15 is 0 Å². The van der Waals surface area contributed by atoms with Crippen LogP contribution in [0.5, 0.6) is 5.75 Å². The van der Waals surface area contributed by atoms with Crippen molar-refractivity contribution in [3.63, 3.8) is 0 Å². The molecule has 1 aromatic heterocycles. The topological polar surface area (TPSA) is 108 Å². The highest BCUT2D eigenvalue weighted by atomic mass is 35.5. The Morgan fingerprint density at radius 1 is 1.13 bits per heavy atom. The molecule has 0 aliphatic carbocycles. The molecule has 9 heteroatoms. The number of hydrogen-bond acceptors (Lipinski definition) is 6. The van der Waals surface area contributed by atoms with Crippen molar-refractivity contribution in [1.29, 1.82) is 0 Å². The lowest BCUT2D eigenvalue weighted by atomic mass is 10.2. The van der Waals surface area contributed by atoms with Gasteiger partial charge in [-0.1, -0.05) is 11.6 Å². The van der Waals surface area contributed by atoms with Crippen molar-refractivity contribution >= 4 is 40.0 Å². The number of non-ortho nitro benzene ring substituents is 1. The fraction of sp³-hybridized carbons (Fsp3) is 0.0476. The average Bonchev–Trinajstić information content (AvgIpc) is 3.17. The Morgan fingerprint density at radius 3 is 2.60 bits per heavy atom. The number of carbonyl (C=O) groups is 1. The Hall–Kier alpha value is -3.91. The molecule has 0 unspecified atom stereocenters. The number of anilines is 1. The number of carbonyl (C=O) groups excluding carboxylic acids is 1. The summed E-state index contributed by atoms with van der Waals surface area (Å²) >= 11 is 6.03. The molecule has 0 spiro atoms. The number of nitrogens with one attached hydrogen (secondary N) is 1. The molecule has 1 heterocycles. The minimum absolute atomic E-state index is 0.00467. The zero-order valence-electron chi connectivity index (χ0n) is 15.6. The molecule has 0 saturated heterocycles. The SMILES string of the molecule is COc1ccc(-c2nc3cc(NC(=O)c4cc([N+](=O)[O-])ccc4Cl)ccc3o2)cc1. The monoisotopic (exact) mass is 423 g/mol. The molecule has 150 valence electrons. The van der Waals surface area contributed by atoms with Crippen LogP contribution in [-0.2, 0) is 0 Å². The van der Waals surface area contributed by atoms with Gasteiger partial charge in [0.1, 0.15) is 11.3 Å². The molecule has 8 nitrogen and oxygen atoms in total. The van der Waals surface area contributed by atoms with E-state index in [2.05, 4.69) is 10.3 Å². The van der Waals surface area contributed by atoms with Crippen LogP contribution in [0.25, 0.3) is 22.6 Å². The highest BCUT2D eigenvalue weighted by Gasteiger charge is 2.17. The van der Waals surface area contributed by atoms with Crippen LogP contribution in [-0.4, -0.2) is 22.9 Å². The lowest BCUT2D eigenvalue weighted by molar-refractivity contribution is -0.384. The van der Waals surface area contributed by atoms with Gasteiger partial charge in [-0.3, -0.25) is 14.9 Å². The van der Waals surface area contributed by atoms with Crippen LogP contribution >= 0.6 is 11.6 Å². The molecule has 4 aromatic rings. The third-order valence-electron chi connectivity index (χ3n) is 4.39. The molecule has 0 aliphatic heterocycles. The van der Waals surface area contributed by atoms with Crippen molar-refractivity contribution < 1.29 is 18.9 Å². The Morgan fingerprint density at radius 2 is 1.90 bits per heavy atom. The van der Waals surface area contributed by atoms with E-state index in [1.807, 2.05) is 12.1 Å². The number of methoxy groups -OCH3 is 1. The highest BCUT2D eigenvalue weighted by molar-refractivity contribution is 6.34. The second-order valence-electron chi connectivity index (χ2n) is 6.31. The number of nitro groups is 1. The molecule has 1 N–H and O–H groups in total. The van der Waals surface area contributed by atoms with E-state index in [1.165, 1.54) is 12.1 Å². The summed E-state index contributed by atoms with van der Waals surface area (Å²) in [5.74, 6) is 0.583. The molecule has 0 fully saturated rings. The van der Waals surface area contributed by atoms with Crippen LogP contribution < -0.4 is 10.1 Å². The van der Waals surface area contributed by atoms with Crippen LogP contribution in [0.4, 0.5) is 11.4 Å².